The molecule has 0 aliphatic heterocycles. The van der Waals surface area contributed by atoms with Crippen LogP contribution in [0.25, 0.3) is 10.9 Å². The molecule has 3 heteroatoms. The van der Waals surface area contributed by atoms with E-state index in [1.165, 1.54) is 25.7 Å². The fourth-order valence-corrected chi connectivity index (χ4v) is 3.57. The van der Waals surface area contributed by atoms with E-state index in [2.05, 4.69) is 20.9 Å². The fraction of sp³-hybridized carbons (Fsp3) is 0.438. The number of hydrogen-bond acceptors (Lipinski definition) is 2. The molecule has 0 saturated heterocycles. The summed E-state index contributed by atoms with van der Waals surface area (Å²) in [5.41, 5.74) is 1.88. The van der Waals surface area contributed by atoms with Gasteiger partial charge in [-0.1, -0.05) is 53.7 Å². The van der Waals surface area contributed by atoms with Crippen LogP contribution in [0.2, 0.25) is 0 Å². The molecule has 1 aliphatic rings. The molecule has 1 fully saturated rings. The number of hydrogen-bond donors (Lipinski definition) is 1. The summed E-state index contributed by atoms with van der Waals surface area (Å²) >= 11 is 3.55. The van der Waals surface area contributed by atoms with Gasteiger partial charge in [0.15, 0.2) is 0 Å². The van der Waals surface area contributed by atoms with Gasteiger partial charge < -0.3 is 5.11 Å². The Kier molecular flexibility index (Phi) is 3.85. The molecule has 0 radical (unpaired) electrons. The van der Waals surface area contributed by atoms with Crippen LogP contribution < -0.4 is 0 Å². The van der Waals surface area contributed by atoms with Crippen molar-refractivity contribution >= 4 is 26.8 Å². The van der Waals surface area contributed by atoms with Crippen molar-refractivity contribution in [2.45, 2.75) is 38.2 Å². The molecule has 100 valence electrons. The van der Waals surface area contributed by atoms with E-state index in [4.69, 9.17) is 0 Å². The highest BCUT2D eigenvalue weighted by Gasteiger charge is 2.21. The average Bonchev–Trinajstić information content (AvgIpc) is 2.92. The monoisotopic (exact) mass is 319 g/mol. The molecule has 1 aliphatic carbocycles. The standard InChI is InChI=1S/C16H18BrNO/c17-14-8-7-13(16-12(14)6-3-9-18-16)15(19)10-11-4-1-2-5-11/h3,6-9,11,15,19H,1-2,4-5,10H2. The highest BCUT2D eigenvalue weighted by molar-refractivity contribution is 9.10. The number of pyridine rings is 1. The lowest BCUT2D eigenvalue weighted by molar-refractivity contribution is 0.146. The molecule has 0 spiro atoms. The molecule has 0 bridgehead atoms. The van der Waals surface area contributed by atoms with E-state index >= 15 is 0 Å². The van der Waals surface area contributed by atoms with Crippen LogP contribution in [0.5, 0.6) is 0 Å². The van der Waals surface area contributed by atoms with E-state index in [-0.39, 0.29) is 0 Å². The largest absolute Gasteiger partial charge is 0.388 e. The Hall–Kier alpha value is -0.930. The van der Waals surface area contributed by atoms with E-state index in [1.54, 1.807) is 6.20 Å². The normalized spacial score (nSPS) is 18.0. The van der Waals surface area contributed by atoms with Crippen molar-refractivity contribution in [2.24, 2.45) is 5.92 Å². The van der Waals surface area contributed by atoms with Gasteiger partial charge in [0.05, 0.1) is 11.6 Å². The van der Waals surface area contributed by atoms with Crippen LogP contribution in [0.15, 0.2) is 34.9 Å². The van der Waals surface area contributed by atoms with E-state index < -0.39 is 6.10 Å². The molecule has 1 N–H and O–H groups in total. The van der Waals surface area contributed by atoms with Crippen molar-refractivity contribution < 1.29 is 5.11 Å². The number of aromatic nitrogens is 1. The predicted molar refractivity (Wildman–Crippen MR) is 81.0 cm³/mol. The van der Waals surface area contributed by atoms with Gasteiger partial charge in [-0.3, -0.25) is 4.98 Å². The Labute approximate surface area is 122 Å². The predicted octanol–water partition coefficient (Wildman–Crippen LogP) is 4.61. The van der Waals surface area contributed by atoms with Crippen molar-refractivity contribution in [2.75, 3.05) is 0 Å². The second-order valence-corrected chi connectivity index (χ2v) is 6.29. The first-order valence-electron chi connectivity index (χ1n) is 6.97. The van der Waals surface area contributed by atoms with Crippen LogP contribution >= 0.6 is 15.9 Å². The molecule has 19 heavy (non-hydrogen) atoms. The van der Waals surface area contributed by atoms with Crippen LogP contribution in [0.3, 0.4) is 0 Å². The molecular formula is C16H18BrNO. The highest BCUT2D eigenvalue weighted by Crippen LogP contribution is 2.36. The van der Waals surface area contributed by atoms with E-state index in [1.807, 2.05) is 24.3 Å². The molecule has 1 aromatic carbocycles. The number of halogens is 1. The number of rotatable bonds is 3. The van der Waals surface area contributed by atoms with Crippen molar-refractivity contribution in [3.63, 3.8) is 0 Å². The first-order chi connectivity index (χ1) is 9.25. The van der Waals surface area contributed by atoms with Gasteiger partial charge in [0.25, 0.3) is 0 Å². The third-order valence-corrected chi connectivity index (χ3v) is 4.83. The van der Waals surface area contributed by atoms with Gasteiger partial charge >= 0.3 is 0 Å². The maximum absolute atomic E-state index is 10.5. The lowest BCUT2D eigenvalue weighted by Gasteiger charge is -2.17. The zero-order valence-electron chi connectivity index (χ0n) is 10.8. The molecule has 1 saturated carbocycles. The third-order valence-electron chi connectivity index (χ3n) is 4.14. The number of aliphatic hydroxyl groups excluding tert-OH is 1. The first kappa shape index (κ1) is 13.1. The minimum absolute atomic E-state index is 0.395. The number of nitrogens with zero attached hydrogens (tertiary/aromatic N) is 1. The van der Waals surface area contributed by atoms with Gasteiger partial charge in [-0.2, -0.15) is 0 Å². The van der Waals surface area contributed by atoms with E-state index in [0.717, 1.165) is 27.4 Å². The van der Waals surface area contributed by atoms with E-state index in [9.17, 15) is 5.11 Å². The Morgan fingerprint density at radius 1 is 1.26 bits per heavy atom. The fourth-order valence-electron chi connectivity index (χ4n) is 3.12. The quantitative estimate of drug-likeness (QED) is 0.896. The summed E-state index contributed by atoms with van der Waals surface area (Å²) in [5, 5.41) is 11.6. The summed E-state index contributed by atoms with van der Waals surface area (Å²) in [7, 11) is 0. The summed E-state index contributed by atoms with van der Waals surface area (Å²) in [6.45, 7) is 0. The van der Waals surface area contributed by atoms with Gasteiger partial charge in [-0.15, -0.1) is 0 Å². The Balaban J connectivity index is 1.93. The minimum Gasteiger partial charge on any atom is -0.388 e. The average molecular weight is 320 g/mol. The third kappa shape index (κ3) is 2.67. The topological polar surface area (TPSA) is 33.1 Å². The molecule has 2 nitrogen and oxygen atoms in total. The molecule has 1 heterocycles. The lowest BCUT2D eigenvalue weighted by atomic mass is 9.94. The number of aliphatic hydroxyl groups is 1. The van der Waals surface area contributed by atoms with Crippen LogP contribution in [0.4, 0.5) is 0 Å². The summed E-state index contributed by atoms with van der Waals surface area (Å²) in [6, 6.07) is 7.98. The van der Waals surface area contributed by atoms with Crippen LogP contribution in [0.1, 0.15) is 43.8 Å². The van der Waals surface area contributed by atoms with Crippen molar-refractivity contribution in [3.05, 3.63) is 40.5 Å². The SMILES string of the molecule is OC(CC1CCCC1)c1ccc(Br)c2cccnc12. The molecule has 0 amide bonds. The number of fused-ring (bicyclic) bond motifs is 1. The highest BCUT2D eigenvalue weighted by atomic mass is 79.9. The Morgan fingerprint density at radius 2 is 2.05 bits per heavy atom. The summed E-state index contributed by atoms with van der Waals surface area (Å²) in [5.74, 6) is 0.678. The van der Waals surface area contributed by atoms with Gasteiger partial charge in [-0.05, 0) is 24.5 Å². The van der Waals surface area contributed by atoms with Crippen molar-refractivity contribution in [1.82, 2.24) is 4.98 Å². The van der Waals surface area contributed by atoms with Gasteiger partial charge in [0, 0.05) is 21.6 Å². The van der Waals surface area contributed by atoms with Gasteiger partial charge in [-0.25, -0.2) is 0 Å². The van der Waals surface area contributed by atoms with Crippen LogP contribution in [-0.2, 0) is 0 Å². The minimum atomic E-state index is -0.395. The van der Waals surface area contributed by atoms with Gasteiger partial charge in [0.2, 0.25) is 0 Å². The number of benzene rings is 1. The summed E-state index contributed by atoms with van der Waals surface area (Å²) in [4.78, 5) is 4.45. The van der Waals surface area contributed by atoms with Crippen molar-refractivity contribution in [1.29, 1.82) is 0 Å². The van der Waals surface area contributed by atoms with Crippen LogP contribution in [-0.4, -0.2) is 10.1 Å². The maximum atomic E-state index is 10.5. The maximum Gasteiger partial charge on any atom is 0.0813 e. The first-order valence-corrected chi connectivity index (χ1v) is 7.76. The second-order valence-electron chi connectivity index (χ2n) is 5.44. The summed E-state index contributed by atoms with van der Waals surface area (Å²) in [6.07, 6.45) is 7.42. The molecule has 1 aromatic heterocycles. The van der Waals surface area contributed by atoms with Crippen molar-refractivity contribution in [3.8, 4) is 0 Å². The van der Waals surface area contributed by atoms with Gasteiger partial charge in [0.1, 0.15) is 0 Å². The summed E-state index contributed by atoms with van der Waals surface area (Å²) < 4.78 is 1.03. The zero-order chi connectivity index (χ0) is 13.2. The Morgan fingerprint density at radius 3 is 2.84 bits per heavy atom. The van der Waals surface area contributed by atoms with E-state index in [0.29, 0.717) is 5.92 Å². The molecule has 3 rings (SSSR count). The lowest BCUT2D eigenvalue weighted by Crippen LogP contribution is -2.05. The molecule has 1 unspecified atom stereocenters. The second kappa shape index (κ2) is 5.59. The Bertz CT molecular complexity index is 578. The zero-order valence-corrected chi connectivity index (χ0v) is 12.4. The molecule has 2 aromatic rings. The molecule has 1 atom stereocenters. The molecular weight excluding hydrogens is 302 g/mol. The van der Waals surface area contributed by atoms with Crippen LogP contribution in [0, 0.1) is 5.92 Å². The smallest absolute Gasteiger partial charge is 0.0813 e.